The first kappa shape index (κ1) is 15.3. The minimum atomic E-state index is 0.676. The highest BCUT2D eigenvalue weighted by molar-refractivity contribution is 5.39. The van der Waals surface area contributed by atoms with Gasteiger partial charge in [-0.3, -0.25) is 0 Å². The molecule has 0 spiro atoms. The average Bonchev–Trinajstić information content (AvgIpc) is 2.93. The van der Waals surface area contributed by atoms with E-state index in [1.54, 1.807) is 7.11 Å². The zero-order valence-corrected chi connectivity index (χ0v) is 12.3. The summed E-state index contributed by atoms with van der Waals surface area (Å²) in [6.07, 6.45) is 3.16. The van der Waals surface area contributed by atoms with E-state index in [0.29, 0.717) is 13.2 Å². The minimum absolute atomic E-state index is 0.676. The van der Waals surface area contributed by atoms with Gasteiger partial charge in [0.25, 0.3) is 0 Å². The summed E-state index contributed by atoms with van der Waals surface area (Å²) in [4.78, 5) is 0. The van der Waals surface area contributed by atoms with Crippen molar-refractivity contribution >= 4 is 0 Å². The molecule has 1 aliphatic rings. The lowest BCUT2D eigenvalue weighted by atomic mass is 10.1. The van der Waals surface area contributed by atoms with Crippen molar-refractivity contribution in [2.75, 3.05) is 46.6 Å². The van der Waals surface area contributed by atoms with E-state index in [4.69, 9.17) is 14.2 Å². The normalized spacial score (nSPS) is 13.2. The van der Waals surface area contributed by atoms with Crippen LogP contribution in [-0.2, 0) is 22.3 Å². The van der Waals surface area contributed by atoms with Crippen LogP contribution in [0.4, 0.5) is 0 Å². The lowest BCUT2D eigenvalue weighted by Gasteiger charge is -2.07. The molecule has 0 saturated heterocycles. The maximum atomic E-state index is 5.51. The van der Waals surface area contributed by atoms with Crippen LogP contribution in [0.15, 0.2) is 18.2 Å². The largest absolute Gasteiger partial charge is 0.493 e. The molecule has 0 fully saturated rings. The van der Waals surface area contributed by atoms with Crippen LogP contribution in [0.5, 0.6) is 5.75 Å². The average molecular weight is 279 g/mol. The molecule has 1 heterocycles. The van der Waals surface area contributed by atoms with Crippen LogP contribution in [0.1, 0.15) is 17.5 Å². The highest BCUT2D eigenvalue weighted by Gasteiger charge is 2.11. The lowest BCUT2D eigenvalue weighted by Crippen LogP contribution is -2.20. The summed E-state index contributed by atoms with van der Waals surface area (Å²) in [6.45, 7) is 5.01. The van der Waals surface area contributed by atoms with Crippen molar-refractivity contribution < 1.29 is 14.2 Å². The van der Waals surface area contributed by atoms with Gasteiger partial charge in [-0.25, -0.2) is 0 Å². The Balaban J connectivity index is 1.51. The molecule has 0 radical (unpaired) electrons. The molecule has 1 N–H and O–H groups in total. The molecule has 4 nitrogen and oxygen atoms in total. The van der Waals surface area contributed by atoms with E-state index in [9.17, 15) is 0 Å². The summed E-state index contributed by atoms with van der Waals surface area (Å²) in [5, 5.41) is 3.45. The first-order chi connectivity index (χ1) is 9.90. The Morgan fingerprint density at radius 1 is 1.20 bits per heavy atom. The van der Waals surface area contributed by atoms with Crippen LogP contribution in [0.3, 0.4) is 0 Å². The Hall–Kier alpha value is -1.10. The van der Waals surface area contributed by atoms with Crippen molar-refractivity contribution in [2.45, 2.75) is 19.3 Å². The molecule has 0 saturated carbocycles. The smallest absolute Gasteiger partial charge is 0.122 e. The number of fused-ring (bicyclic) bond motifs is 1. The molecule has 0 amide bonds. The summed E-state index contributed by atoms with van der Waals surface area (Å²) in [5.41, 5.74) is 2.74. The number of hydrogen-bond acceptors (Lipinski definition) is 4. The first-order valence-corrected chi connectivity index (χ1v) is 7.42. The van der Waals surface area contributed by atoms with Crippen molar-refractivity contribution in [3.05, 3.63) is 29.3 Å². The van der Waals surface area contributed by atoms with Crippen LogP contribution in [0, 0.1) is 0 Å². The van der Waals surface area contributed by atoms with Gasteiger partial charge in [-0.2, -0.15) is 0 Å². The maximum Gasteiger partial charge on any atom is 0.122 e. The Morgan fingerprint density at radius 2 is 2.15 bits per heavy atom. The molecule has 1 aromatic rings. The topological polar surface area (TPSA) is 39.7 Å². The van der Waals surface area contributed by atoms with Gasteiger partial charge in [0.15, 0.2) is 0 Å². The van der Waals surface area contributed by atoms with Crippen molar-refractivity contribution in [1.29, 1.82) is 0 Å². The molecule has 1 aromatic carbocycles. The molecular formula is C16H25NO3. The molecule has 0 unspecified atom stereocenters. The Kier molecular flexibility index (Phi) is 6.84. The Labute approximate surface area is 121 Å². The monoisotopic (exact) mass is 279 g/mol. The first-order valence-electron chi connectivity index (χ1n) is 7.42. The van der Waals surface area contributed by atoms with E-state index in [0.717, 1.165) is 51.3 Å². The third-order valence-corrected chi connectivity index (χ3v) is 3.42. The fourth-order valence-corrected chi connectivity index (χ4v) is 2.30. The molecular weight excluding hydrogens is 254 g/mol. The van der Waals surface area contributed by atoms with E-state index >= 15 is 0 Å². The van der Waals surface area contributed by atoms with E-state index in [2.05, 4.69) is 23.5 Å². The number of rotatable bonds is 10. The fraction of sp³-hybridized carbons (Fsp3) is 0.625. The van der Waals surface area contributed by atoms with Crippen molar-refractivity contribution in [2.24, 2.45) is 0 Å². The van der Waals surface area contributed by atoms with Gasteiger partial charge in [-0.1, -0.05) is 12.1 Å². The molecule has 0 aromatic heterocycles. The Morgan fingerprint density at radius 3 is 3.05 bits per heavy atom. The summed E-state index contributed by atoms with van der Waals surface area (Å²) in [6, 6.07) is 6.54. The number of methoxy groups -OCH3 is 1. The van der Waals surface area contributed by atoms with E-state index in [1.165, 1.54) is 11.1 Å². The fourth-order valence-electron chi connectivity index (χ4n) is 2.30. The van der Waals surface area contributed by atoms with Gasteiger partial charge in [-0.15, -0.1) is 0 Å². The summed E-state index contributed by atoms with van der Waals surface area (Å²) >= 11 is 0. The number of ether oxygens (including phenoxy) is 3. The molecule has 0 bridgehead atoms. The highest BCUT2D eigenvalue weighted by Crippen LogP contribution is 2.25. The second-order valence-electron chi connectivity index (χ2n) is 5.00. The predicted molar refractivity (Wildman–Crippen MR) is 79.5 cm³/mol. The molecule has 0 aliphatic carbocycles. The predicted octanol–water partition coefficient (Wildman–Crippen LogP) is 1.81. The van der Waals surface area contributed by atoms with Gasteiger partial charge in [0.1, 0.15) is 5.75 Å². The van der Waals surface area contributed by atoms with E-state index < -0.39 is 0 Å². The summed E-state index contributed by atoms with van der Waals surface area (Å²) in [7, 11) is 1.69. The van der Waals surface area contributed by atoms with Crippen molar-refractivity contribution in [3.63, 3.8) is 0 Å². The van der Waals surface area contributed by atoms with Gasteiger partial charge >= 0.3 is 0 Å². The van der Waals surface area contributed by atoms with Crippen LogP contribution in [0.2, 0.25) is 0 Å². The molecule has 2 rings (SSSR count). The van der Waals surface area contributed by atoms with Gasteiger partial charge in [-0.05, 0) is 43.1 Å². The number of benzene rings is 1. The third-order valence-electron chi connectivity index (χ3n) is 3.42. The maximum absolute atomic E-state index is 5.51. The molecule has 20 heavy (non-hydrogen) atoms. The van der Waals surface area contributed by atoms with Crippen molar-refractivity contribution in [1.82, 2.24) is 5.32 Å². The zero-order valence-electron chi connectivity index (χ0n) is 12.3. The van der Waals surface area contributed by atoms with Gasteiger partial charge in [0.2, 0.25) is 0 Å². The third kappa shape index (κ3) is 5.12. The molecule has 1 aliphatic heterocycles. The summed E-state index contributed by atoms with van der Waals surface area (Å²) < 4.78 is 15.8. The van der Waals surface area contributed by atoms with Gasteiger partial charge in [0, 0.05) is 20.1 Å². The Bertz CT molecular complexity index is 395. The number of hydrogen-bond donors (Lipinski definition) is 1. The zero-order chi connectivity index (χ0) is 14.0. The van der Waals surface area contributed by atoms with Gasteiger partial charge < -0.3 is 19.5 Å². The van der Waals surface area contributed by atoms with E-state index in [-0.39, 0.29) is 0 Å². The number of nitrogens with one attached hydrogen (secondary N) is 1. The van der Waals surface area contributed by atoms with Crippen LogP contribution < -0.4 is 10.1 Å². The van der Waals surface area contributed by atoms with Crippen molar-refractivity contribution in [3.8, 4) is 5.75 Å². The SMILES string of the molecule is COCCOCCCNCCc1ccc2c(c1)CCO2. The van der Waals surface area contributed by atoms with Crippen LogP contribution in [-0.4, -0.2) is 46.6 Å². The quantitative estimate of drug-likeness (QED) is 0.663. The highest BCUT2D eigenvalue weighted by atomic mass is 16.5. The van der Waals surface area contributed by atoms with Crippen LogP contribution >= 0.6 is 0 Å². The second kappa shape index (κ2) is 8.95. The summed E-state index contributed by atoms with van der Waals surface area (Å²) in [5.74, 6) is 1.06. The standard InChI is InChI=1S/C16H25NO3/c1-18-11-12-19-9-2-7-17-8-5-14-3-4-16-15(13-14)6-10-20-16/h3-4,13,17H,2,5-12H2,1H3. The second-order valence-corrected chi connectivity index (χ2v) is 5.00. The lowest BCUT2D eigenvalue weighted by molar-refractivity contribution is 0.0695. The molecule has 4 heteroatoms. The molecule has 112 valence electrons. The van der Waals surface area contributed by atoms with Gasteiger partial charge in [0.05, 0.1) is 19.8 Å². The minimum Gasteiger partial charge on any atom is -0.493 e. The molecule has 0 atom stereocenters. The van der Waals surface area contributed by atoms with Crippen LogP contribution in [0.25, 0.3) is 0 Å². The van der Waals surface area contributed by atoms with E-state index in [1.807, 2.05) is 0 Å².